The van der Waals surface area contributed by atoms with Crippen LogP contribution in [0.3, 0.4) is 0 Å². The van der Waals surface area contributed by atoms with Crippen molar-refractivity contribution in [3.63, 3.8) is 0 Å². The summed E-state index contributed by atoms with van der Waals surface area (Å²) in [5, 5.41) is 5.93. The van der Waals surface area contributed by atoms with Crippen LogP contribution in [0.4, 0.5) is 13.2 Å². The standard InChI is InChI=1S/C12H13F3N4O/c13-12(14,15)8-4-1-2-5-9(8)19-10(6-3-7-16)17-18-11(19)20/h1-2,4-5H,3,6-7,16H2,(H,18,20). The summed E-state index contributed by atoms with van der Waals surface area (Å²) < 4.78 is 39.9. The molecule has 3 N–H and O–H groups in total. The zero-order chi connectivity index (χ0) is 14.8. The molecule has 5 nitrogen and oxygen atoms in total. The van der Waals surface area contributed by atoms with Crippen molar-refractivity contribution in [3.05, 3.63) is 46.1 Å². The summed E-state index contributed by atoms with van der Waals surface area (Å²) in [6.45, 7) is 0.363. The fraction of sp³-hybridized carbons (Fsp3) is 0.333. The summed E-state index contributed by atoms with van der Waals surface area (Å²) in [7, 11) is 0. The summed E-state index contributed by atoms with van der Waals surface area (Å²) in [5.41, 5.74) is 3.56. The SMILES string of the molecule is NCCCc1n[nH]c(=O)n1-c1ccccc1C(F)(F)F. The van der Waals surface area contributed by atoms with Crippen LogP contribution in [0.25, 0.3) is 5.69 Å². The molecule has 0 amide bonds. The first kappa shape index (κ1) is 14.3. The van der Waals surface area contributed by atoms with Crippen LogP contribution < -0.4 is 11.4 Å². The van der Waals surface area contributed by atoms with Crippen LogP contribution in [0.1, 0.15) is 17.8 Å². The monoisotopic (exact) mass is 286 g/mol. The molecule has 0 bridgehead atoms. The average molecular weight is 286 g/mol. The lowest BCUT2D eigenvalue weighted by Crippen LogP contribution is -2.21. The van der Waals surface area contributed by atoms with Crippen molar-refractivity contribution in [2.24, 2.45) is 5.73 Å². The van der Waals surface area contributed by atoms with Gasteiger partial charge in [-0.05, 0) is 25.1 Å². The Balaban J connectivity index is 2.58. The third-order valence-corrected chi connectivity index (χ3v) is 2.80. The number of nitrogens with two attached hydrogens (primary N) is 1. The third kappa shape index (κ3) is 2.74. The van der Waals surface area contributed by atoms with Gasteiger partial charge in [-0.25, -0.2) is 14.5 Å². The van der Waals surface area contributed by atoms with Crippen LogP contribution >= 0.6 is 0 Å². The zero-order valence-electron chi connectivity index (χ0n) is 10.4. The van der Waals surface area contributed by atoms with Crippen molar-refractivity contribution in [2.75, 3.05) is 6.54 Å². The van der Waals surface area contributed by atoms with Crippen LogP contribution in [0.2, 0.25) is 0 Å². The molecule has 0 saturated heterocycles. The number of rotatable bonds is 4. The highest BCUT2D eigenvalue weighted by atomic mass is 19.4. The van der Waals surface area contributed by atoms with Crippen LogP contribution in [-0.2, 0) is 12.6 Å². The molecule has 0 aliphatic carbocycles. The number of aromatic nitrogens is 3. The molecule has 0 atom stereocenters. The Kier molecular flexibility index (Phi) is 3.93. The zero-order valence-corrected chi connectivity index (χ0v) is 10.4. The fourth-order valence-electron chi connectivity index (χ4n) is 1.91. The fourth-order valence-corrected chi connectivity index (χ4v) is 1.91. The maximum atomic E-state index is 13.0. The number of nitrogens with one attached hydrogen (secondary N) is 1. The highest BCUT2D eigenvalue weighted by Crippen LogP contribution is 2.33. The Hall–Kier alpha value is -2.09. The number of hydrogen-bond donors (Lipinski definition) is 2. The molecular weight excluding hydrogens is 273 g/mol. The number of hydrogen-bond acceptors (Lipinski definition) is 3. The Morgan fingerprint density at radius 3 is 2.65 bits per heavy atom. The van der Waals surface area contributed by atoms with Gasteiger partial charge < -0.3 is 5.73 Å². The van der Waals surface area contributed by atoms with E-state index in [1.54, 1.807) is 0 Å². The molecule has 0 unspecified atom stereocenters. The highest BCUT2D eigenvalue weighted by molar-refractivity contribution is 5.43. The average Bonchev–Trinajstić information content (AvgIpc) is 2.76. The number of nitrogens with zero attached hydrogens (tertiary/aromatic N) is 2. The largest absolute Gasteiger partial charge is 0.418 e. The minimum absolute atomic E-state index is 0.231. The first-order valence-corrected chi connectivity index (χ1v) is 5.98. The maximum absolute atomic E-state index is 13.0. The van der Waals surface area contributed by atoms with E-state index >= 15 is 0 Å². The van der Waals surface area contributed by atoms with Crippen LogP contribution in [0.5, 0.6) is 0 Å². The van der Waals surface area contributed by atoms with Gasteiger partial charge >= 0.3 is 11.9 Å². The van der Waals surface area contributed by atoms with Gasteiger partial charge in [0, 0.05) is 6.42 Å². The molecule has 0 aliphatic rings. The van der Waals surface area contributed by atoms with Crippen molar-refractivity contribution in [1.82, 2.24) is 14.8 Å². The van der Waals surface area contributed by atoms with Gasteiger partial charge in [0.1, 0.15) is 5.82 Å². The summed E-state index contributed by atoms with van der Waals surface area (Å²) in [6.07, 6.45) is -3.70. The van der Waals surface area contributed by atoms with Gasteiger partial charge in [0.2, 0.25) is 0 Å². The second-order valence-electron chi connectivity index (χ2n) is 4.19. The molecule has 1 heterocycles. The van der Waals surface area contributed by atoms with E-state index in [0.717, 1.165) is 10.6 Å². The summed E-state index contributed by atoms with van der Waals surface area (Å²) >= 11 is 0. The normalized spacial score (nSPS) is 11.8. The van der Waals surface area contributed by atoms with Gasteiger partial charge in [0.25, 0.3) is 0 Å². The van der Waals surface area contributed by atoms with Gasteiger partial charge in [-0.2, -0.15) is 18.3 Å². The lowest BCUT2D eigenvalue weighted by atomic mass is 10.1. The van der Waals surface area contributed by atoms with Crippen LogP contribution in [-0.4, -0.2) is 21.3 Å². The number of halogens is 3. The maximum Gasteiger partial charge on any atom is 0.418 e. The molecule has 8 heteroatoms. The highest BCUT2D eigenvalue weighted by Gasteiger charge is 2.34. The molecule has 0 aliphatic heterocycles. The van der Waals surface area contributed by atoms with E-state index in [-0.39, 0.29) is 11.5 Å². The molecule has 0 fully saturated rings. The minimum Gasteiger partial charge on any atom is -0.330 e. The van der Waals surface area contributed by atoms with Gasteiger partial charge in [-0.1, -0.05) is 12.1 Å². The number of aromatic amines is 1. The minimum atomic E-state index is -4.54. The number of aryl methyl sites for hydroxylation is 1. The molecule has 108 valence electrons. The van der Waals surface area contributed by atoms with E-state index in [2.05, 4.69) is 10.2 Å². The topological polar surface area (TPSA) is 76.7 Å². The predicted octanol–water partition coefficient (Wildman–Crippen LogP) is 1.47. The molecule has 0 saturated carbocycles. The van der Waals surface area contributed by atoms with E-state index in [1.165, 1.54) is 18.2 Å². The molecule has 1 aromatic heterocycles. The number of H-pyrrole nitrogens is 1. The number of benzene rings is 1. The molecule has 1 aromatic carbocycles. The van der Waals surface area contributed by atoms with Crippen molar-refractivity contribution >= 4 is 0 Å². The van der Waals surface area contributed by atoms with Crippen molar-refractivity contribution in [2.45, 2.75) is 19.0 Å². The first-order valence-electron chi connectivity index (χ1n) is 5.98. The van der Waals surface area contributed by atoms with E-state index in [0.29, 0.717) is 19.4 Å². The van der Waals surface area contributed by atoms with Gasteiger partial charge in [-0.15, -0.1) is 0 Å². The Morgan fingerprint density at radius 1 is 1.30 bits per heavy atom. The van der Waals surface area contributed by atoms with E-state index in [1.807, 2.05) is 0 Å². The third-order valence-electron chi connectivity index (χ3n) is 2.80. The summed E-state index contributed by atoms with van der Waals surface area (Å²) in [6, 6.07) is 4.89. The van der Waals surface area contributed by atoms with E-state index < -0.39 is 17.4 Å². The first-order chi connectivity index (χ1) is 9.45. The Bertz CT molecular complexity index is 645. The van der Waals surface area contributed by atoms with Gasteiger partial charge in [0.05, 0.1) is 11.3 Å². The predicted molar refractivity (Wildman–Crippen MR) is 66.6 cm³/mol. The second kappa shape index (κ2) is 5.49. The number of alkyl halides is 3. The second-order valence-corrected chi connectivity index (χ2v) is 4.19. The lowest BCUT2D eigenvalue weighted by molar-refractivity contribution is -0.137. The van der Waals surface area contributed by atoms with E-state index in [9.17, 15) is 18.0 Å². The quantitative estimate of drug-likeness (QED) is 0.893. The molecule has 2 rings (SSSR count). The van der Waals surface area contributed by atoms with E-state index in [4.69, 9.17) is 5.73 Å². The summed E-state index contributed by atoms with van der Waals surface area (Å²) in [4.78, 5) is 11.7. The molecular formula is C12H13F3N4O. The molecule has 0 spiro atoms. The molecule has 2 aromatic rings. The van der Waals surface area contributed by atoms with Crippen molar-refractivity contribution < 1.29 is 13.2 Å². The van der Waals surface area contributed by atoms with Crippen molar-refractivity contribution in [3.8, 4) is 5.69 Å². The number of para-hydroxylation sites is 1. The van der Waals surface area contributed by atoms with Crippen LogP contribution in [0.15, 0.2) is 29.1 Å². The molecule has 0 radical (unpaired) electrons. The smallest absolute Gasteiger partial charge is 0.330 e. The van der Waals surface area contributed by atoms with Crippen molar-refractivity contribution in [1.29, 1.82) is 0 Å². The Morgan fingerprint density at radius 2 is 2.00 bits per heavy atom. The van der Waals surface area contributed by atoms with Crippen LogP contribution in [0, 0.1) is 0 Å². The summed E-state index contributed by atoms with van der Waals surface area (Å²) in [5.74, 6) is 0.233. The Labute approximate surface area is 112 Å². The van der Waals surface area contributed by atoms with Gasteiger partial charge in [0.15, 0.2) is 0 Å². The molecule has 20 heavy (non-hydrogen) atoms. The van der Waals surface area contributed by atoms with Gasteiger partial charge in [-0.3, -0.25) is 0 Å². The lowest BCUT2D eigenvalue weighted by Gasteiger charge is -2.13.